The second-order valence-electron chi connectivity index (χ2n) is 8.87. The van der Waals surface area contributed by atoms with Crippen molar-refractivity contribution < 1.29 is 35.8 Å². The molecule has 2 aliphatic carbocycles. The Hall–Kier alpha value is -2.82. The van der Waals surface area contributed by atoms with Crippen LogP contribution in [0, 0.1) is 0 Å². The fraction of sp³-hybridized carbons (Fsp3) is 0.455. The monoisotopic (exact) mass is 469 g/mol. The van der Waals surface area contributed by atoms with E-state index in [1.54, 1.807) is 6.07 Å². The van der Waals surface area contributed by atoms with Crippen LogP contribution in [-0.2, 0) is 24.2 Å². The number of ether oxygens (including phenoxy) is 2. The van der Waals surface area contributed by atoms with Crippen molar-refractivity contribution in [3.05, 3.63) is 51.3 Å². The summed E-state index contributed by atoms with van der Waals surface area (Å²) in [6.07, 6.45) is -9.14. The SMILES string of the molecule is COc1ccc2c3c1O[C@H]1c4c(C(F)(F)F)nnc(C(F)(F)F)c4C=C4[C@@H](C2)N(C)CC[C@]431. The summed E-state index contributed by atoms with van der Waals surface area (Å²) in [5, 5.41) is 6.02. The van der Waals surface area contributed by atoms with Gasteiger partial charge in [0.15, 0.2) is 22.9 Å². The van der Waals surface area contributed by atoms with Crippen LogP contribution in [0.15, 0.2) is 17.7 Å². The Kier molecular flexibility index (Phi) is 3.90. The van der Waals surface area contributed by atoms with Crippen LogP contribution in [-0.4, -0.2) is 41.8 Å². The summed E-state index contributed by atoms with van der Waals surface area (Å²) in [7, 11) is 3.28. The highest BCUT2D eigenvalue weighted by molar-refractivity contribution is 5.77. The maximum atomic E-state index is 14.0. The van der Waals surface area contributed by atoms with Crippen molar-refractivity contribution in [3.8, 4) is 11.5 Å². The van der Waals surface area contributed by atoms with Gasteiger partial charge in [0, 0.05) is 22.7 Å². The zero-order valence-electron chi connectivity index (χ0n) is 17.4. The van der Waals surface area contributed by atoms with Crippen LogP contribution in [0.4, 0.5) is 26.3 Å². The third kappa shape index (κ3) is 2.48. The molecule has 0 N–H and O–H groups in total. The highest BCUT2D eigenvalue weighted by Crippen LogP contribution is 2.67. The standard InChI is InChI=1S/C22H17F6N3O2/c1-31-6-5-20-11-8-10-14(18(22(26,27)28)30-29-17(10)21(23,24)25)19(20)33-16-13(32-2)4-3-9(15(16)20)7-12(11)31/h3-4,8,12,19H,5-7H2,1-2H3/t12-,19+,20+/m1/s1. The number of rotatable bonds is 1. The van der Waals surface area contributed by atoms with Gasteiger partial charge in [0.25, 0.3) is 0 Å². The molecule has 0 saturated carbocycles. The van der Waals surface area contributed by atoms with Gasteiger partial charge in [0.05, 0.1) is 12.5 Å². The summed E-state index contributed by atoms with van der Waals surface area (Å²) in [5.41, 5.74) is -2.89. The van der Waals surface area contributed by atoms with E-state index in [1.807, 2.05) is 18.0 Å². The van der Waals surface area contributed by atoms with Crippen LogP contribution >= 0.6 is 0 Å². The minimum Gasteiger partial charge on any atom is -0.493 e. The van der Waals surface area contributed by atoms with Crippen LogP contribution in [0.25, 0.3) is 6.08 Å². The normalized spacial score (nSPS) is 27.5. The maximum absolute atomic E-state index is 14.0. The summed E-state index contributed by atoms with van der Waals surface area (Å²) < 4.78 is 95.2. The molecule has 0 amide bonds. The topological polar surface area (TPSA) is 47.5 Å². The number of nitrogens with zero attached hydrogens (tertiary/aromatic N) is 3. The number of hydrogen-bond acceptors (Lipinski definition) is 5. The quantitative estimate of drug-likeness (QED) is 0.574. The smallest absolute Gasteiger partial charge is 0.435 e. The lowest BCUT2D eigenvalue weighted by Crippen LogP contribution is -2.56. The molecule has 33 heavy (non-hydrogen) atoms. The molecule has 0 unspecified atom stereocenters. The first-order valence-electron chi connectivity index (χ1n) is 10.3. The van der Waals surface area contributed by atoms with E-state index in [4.69, 9.17) is 9.47 Å². The van der Waals surface area contributed by atoms with E-state index in [-0.39, 0.29) is 6.04 Å². The van der Waals surface area contributed by atoms with Crippen molar-refractivity contribution in [1.82, 2.24) is 15.1 Å². The average Bonchev–Trinajstić information content (AvgIpc) is 3.08. The molecule has 11 heteroatoms. The molecule has 1 spiro atoms. The number of halogens is 6. The number of methoxy groups -OCH3 is 1. The number of hydrogen-bond donors (Lipinski definition) is 0. The van der Waals surface area contributed by atoms with Gasteiger partial charge in [-0.1, -0.05) is 12.1 Å². The van der Waals surface area contributed by atoms with E-state index in [0.29, 0.717) is 42.0 Å². The van der Waals surface area contributed by atoms with Gasteiger partial charge in [-0.05, 0) is 43.6 Å². The highest BCUT2D eigenvalue weighted by atomic mass is 19.4. The molecule has 6 rings (SSSR count). The van der Waals surface area contributed by atoms with E-state index in [9.17, 15) is 26.3 Å². The first kappa shape index (κ1) is 20.8. The van der Waals surface area contributed by atoms with Gasteiger partial charge in [-0.15, -0.1) is 10.2 Å². The summed E-state index contributed by atoms with van der Waals surface area (Å²) in [5.74, 6) is 0.627. The molecule has 2 aliphatic heterocycles. The lowest BCUT2D eigenvalue weighted by atomic mass is 9.55. The number of aromatic nitrogens is 2. The number of fused-ring (bicyclic) bond motifs is 2. The Morgan fingerprint density at radius 2 is 1.79 bits per heavy atom. The number of alkyl halides is 6. The molecule has 1 aromatic heterocycles. The molecular formula is C22H17F6N3O2. The molecule has 4 aliphatic rings. The summed E-state index contributed by atoms with van der Waals surface area (Å²) >= 11 is 0. The first-order valence-corrected chi connectivity index (χ1v) is 10.3. The molecule has 2 bridgehead atoms. The van der Waals surface area contributed by atoms with Gasteiger partial charge in [-0.3, -0.25) is 4.90 Å². The van der Waals surface area contributed by atoms with Gasteiger partial charge in [0.1, 0.15) is 6.10 Å². The zero-order valence-corrected chi connectivity index (χ0v) is 17.4. The van der Waals surface area contributed by atoms with Gasteiger partial charge < -0.3 is 9.47 Å². The Morgan fingerprint density at radius 3 is 2.45 bits per heavy atom. The van der Waals surface area contributed by atoms with Crippen molar-refractivity contribution in [2.75, 3.05) is 20.7 Å². The molecule has 5 nitrogen and oxygen atoms in total. The van der Waals surface area contributed by atoms with Crippen molar-refractivity contribution in [1.29, 1.82) is 0 Å². The number of benzene rings is 1. The molecular weight excluding hydrogens is 452 g/mol. The van der Waals surface area contributed by atoms with Gasteiger partial charge in [-0.25, -0.2) is 0 Å². The fourth-order valence-electron chi connectivity index (χ4n) is 6.08. The molecule has 3 heterocycles. The second kappa shape index (κ2) is 6.19. The van der Waals surface area contributed by atoms with Crippen molar-refractivity contribution in [3.63, 3.8) is 0 Å². The molecule has 1 fully saturated rings. The maximum Gasteiger partial charge on any atom is 0.435 e. The lowest BCUT2D eigenvalue weighted by Gasteiger charge is -2.53. The summed E-state index contributed by atoms with van der Waals surface area (Å²) in [6, 6.07) is 3.28. The van der Waals surface area contributed by atoms with Gasteiger partial charge >= 0.3 is 12.4 Å². The molecule has 3 atom stereocenters. The lowest BCUT2D eigenvalue weighted by molar-refractivity contribution is -0.149. The molecule has 0 radical (unpaired) electrons. The van der Waals surface area contributed by atoms with Gasteiger partial charge in [0.2, 0.25) is 0 Å². The van der Waals surface area contributed by atoms with E-state index < -0.39 is 46.4 Å². The van der Waals surface area contributed by atoms with E-state index in [2.05, 4.69) is 10.2 Å². The van der Waals surface area contributed by atoms with Gasteiger partial charge in [-0.2, -0.15) is 26.3 Å². The Balaban J connectivity index is 1.75. The summed E-state index contributed by atoms with van der Waals surface area (Å²) in [4.78, 5) is 2.02. The van der Waals surface area contributed by atoms with Crippen molar-refractivity contribution >= 4 is 6.08 Å². The zero-order chi connectivity index (χ0) is 23.5. The van der Waals surface area contributed by atoms with E-state index in [0.717, 1.165) is 5.56 Å². The van der Waals surface area contributed by atoms with Crippen LogP contribution in [0.3, 0.4) is 0 Å². The Morgan fingerprint density at radius 1 is 1.09 bits per heavy atom. The largest absolute Gasteiger partial charge is 0.493 e. The van der Waals surface area contributed by atoms with E-state index in [1.165, 1.54) is 13.2 Å². The number of piperidine rings is 1. The van der Waals surface area contributed by atoms with Crippen molar-refractivity contribution in [2.24, 2.45) is 0 Å². The van der Waals surface area contributed by atoms with Crippen LogP contribution in [0.5, 0.6) is 11.5 Å². The average molecular weight is 469 g/mol. The fourth-order valence-corrected chi connectivity index (χ4v) is 6.08. The van der Waals surface area contributed by atoms with Crippen LogP contribution < -0.4 is 9.47 Å². The third-order valence-electron chi connectivity index (χ3n) is 7.38. The van der Waals surface area contributed by atoms with Crippen LogP contribution in [0.1, 0.15) is 46.2 Å². The predicted molar refractivity (Wildman–Crippen MR) is 103 cm³/mol. The predicted octanol–water partition coefficient (Wildman–Crippen LogP) is 4.55. The highest BCUT2D eigenvalue weighted by Gasteiger charge is 2.64. The Bertz CT molecular complexity index is 1240. The van der Waals surface area contributed by atoms with Crippen LogP contribution in [0.2, 0.25) is 0 Å². The Labute approximate surface area is 184 Å². The minimum absolute atomic E-state index is 0.270. The van der Waals surface area contributed by atoms with Crippen molar-refractivity contribution in [2.45, 2.75) is 42.8 Å². The molecule has 1 saturated heterocycles. The number of likely N-dealkylation sites (tertiary alicyclic amines) is 1. The number of likely N-dealkylation sites (N-methyl/N-ethyl adjacent to an activating group) is 1. The molecule has 174 valence electrons. The first-order chi connectivity index (χ1) is 15.5. The van der Waals surface area contributed by atoms with E-state index >= 15 is 0 Å². The summed E-state index contributed by atoms with van der Waals surface area (Å²) in [6.45, 7) is 0.555. The second-order valence-corrected chi connectivity index (χ2v) is 8.87. The molecule has 2 aromatic rings. The molecule has 1 aromatic carbocycles. The minimum atomic E-state index is -5.01. The third-order valence-corrected chi connectivity index (χ3v) is 7.38.